The van der Waals surface area contributed by atoms with Crippen LogP contribution in [0.3, 0.4) is 0 Å². The van der Waals surface area contributed by atoms with Gasteiger partial charge in [0.1, 0.15) is 5.75 Å². The molecule has 0 heterocycles. The summed E-state index contributed by atoms with van der Waals surface area (Å²) in [7, 11) is -3.31. The topological polar surface area (TPSA) is 61.8 Å². The number of alkyl halides is 3. The van der Waals surface area contributed by atoms with Gasteiger partial charge in [0.05, 0.1) is 14.2 Å². The van der Waals surface area contributed by atoms with Crippen LogP contribution in [0.25, 0.3) is 0 Å². The summed E-state index contributed by atoms with van der Waals surface area (Å²) < 4.78 is 71.6. The van der Waals surface area contributed by atoms with Gasteiger partial charge in [-0.25, -0.2) is 0 Å². The first-order valence-corrected chi connectivity index (χ1v) is 5.85. The Labute approximate surface area is 101 Å². The molecule has 1 rings (SSSR count). The summed E-state index contributed by atoms with van der Waals surface area (Å²) in [5.74, 6) is -0.638. The van der Waals surface area contributed by atoms with E-state index in [1.165, 1.54) is 19.2 Å². The number of rotatable bonds is 4. The lowest BCUT2D eigenvalue weighted by atomic mass is 10.3. The van der Waals surface area contributed by atoms with E-state index in [0.717, 1.165) is 13.2 Å². The summed E-state index contributed by atoms with van der Waals surface area (Å²) in [6.07, 6.45) is 0. The number of methoxy groups -OCH3 is 2. The molecule has 0 aromatic heterocycles. The Kier molecular flexibility index (Phi) is 3.95. The van der Waals surface area contributed by atoms with E-state index in [-0.39, 0.29) is 11.5 Å². The van der Waals surface area contributed by atoms with Gasteiger partial charge in [0.15, 0.2) is 11.5 Å². The van der Waals surface area contributed by atoms with Gasteiger partial charge in [-0.2, -0.15) is 21.6 Å². The summed E-state index contributed by atoms with van der Waals surface area (Å²) in [5, 5.41) is 0. The lowest BCUT2D eigenvalue weighted by Gasteiger charge is -2.13. The van der Waals surface area contributed by atoms with Gasteiger partial charge in [0.25, 0.3) is 0 Å². The van der Waals surface area contributed by atoms with Crippen LogP contribution in [-0.4, -0.2) is 28.1 Å². The summed E-state index contributed by atoms with van der Waals surface area (Å²) in [6.45, 7) is 0. The zero-order valence-electron chi connectivity index (χ0n) is 9.32. The molecule has 0 aliphatic heterocycles. The van der Waals surface area contributed by atoms with Crippen LogP contribution in [0, 0.1) is 0 Å². The second kappa shape index (κ2) is 4.92. The molecule has 1 aromatic carbocycles. The van der Waals surface area contributed by atoms with Crippen LogP contribution in [0.4, 0.5) is 13.2 Å². The Hall–Kier alpha value is -1.64. The predicted octanol–water partition coefficient (Wildman–Crippen LogP) is 1.93. The van der Waals surface area contributed by atoms with Gasteiger partial charge in [0, 0.05) is 6.07 Å². The minimum Gasteiger partial charge on any atom is -0.497 e. The number of ether oxygens (including phenoxy) is 2. The van der Waals surface area contributed by atoms with Gasteiger partial charge in [-0.3, -0.25) is 0 Å². The van der Waals surface area contributed by atoms with Crippen LogP contribution in [0.5, 0.6) is 17.2 Å². The van der Waals surface area contributed by atoms with Gasteiger partial charge < -0.3 is 13.7 Å². The molecular weight excluding hydrogens is 277 g/mol. The van der Waals surface area contributed by atoms with Crippen molar-refractivity contribution in [1.29, 1.82) is 0 Å². The average molecular weight is 286 g/mol. The smallest absolute Gasteiger partial charge is 0.497 e. The third-order valence-electron chi connectivity index (χ3n) is 1.85. The van der Waals surface area contributed by atoms with E-state index in [2.05, 4.69) is 4.18 Å². The van der Waals surface area contributed by atoms with Crippen LogP contribution < -0.4 is 13.7 Å². The molecule has 102 valence electrons. The first kappa shape index (κ1) is 14.4. The summed E-state index contributed by atoms with van der Waals surface area (Å²) >= 11 is 0. The van der Waals surface area contributed by atoms with Crippen LogP contribution in [-0.2, 0) is 10.1 Å². The highest BCUT2D eigenvalue weighted by Crippen LogP contribution is 2.35. The molecule has 0 radical (unpaired) electrons. The maximum absolute atomic E-state index is 12.2. The fourth-order valence-corrected chi connectivity index (χ4v) is 1.48. The highest BCUT2D eigenvalue weighted by Gasteiger charge is 2.49. The molecule has 0 fully saturated rings. The lowest BCUT2D eigenvalue weighted by Crippen LogP contribution is -2.28. The Morgan fingerprint density at radius 1 is 1.06 bits per heavy atom. The SMILES string of the molecule is COc1ccc(OC)c(OS(=O)(=O)C(F)(F)F)c1. The largest absolute Gasteiger partial charge is 0.534 e. The summed E-state index contributed by atoms with van der Waals surface area (Å²) in [6, 6.07) is 3.58. The van der Waals surface area contributed by atoms with Crippen molar-refractivity contribution in [2.45, 2.75) is 5.51 Å². The van der Waals surface area contributed by atoms with Gasteiger partial charge >= 0.3 is 15.6 Å². The van der Waals surface area contributed by atoms with Crippen LogP contribution in [0.1, 0.15) is 0 Å². The van der Waals surface area contributed by atoms with E-state index in [1.54, 1.807) is 0 Å². The Morgan fingerprint density at radius 2 is 1.67 bits per heavy atom. The van der Waals surface area contributed by atoms with Gasteiger partial charge in [-0.05, 0) is 12.1 Å². The quantitative estimate of drug-likeness (QED) is 0.625. The molecule has 0 spiro atoms. The normalized spacial score (nSPS) is 12.1. The number of benzene rings is 1. The molecule has 0 aliphatic carbocycles. The Balaban J connectivity index is 3.18. The maximum Gasteiger partial charge on any atom is 0.534 e. The minimum atomic E-state index is -5.74. The Bertz CT molecular complexity index is 523. The maximum atomic E-state index is 12.2. The zero-order chi connectivity index (χ0) is 14.0. The molecule has 5 nitrogen and oxygen atoms in total. The van der Waals surface area contributed by atoms with E-state index < -0.39 is 21.4 Å². The predicted molar refractivity (Wildman–Crippen MR) is 55.1 cm³/mol. The van der Waals surface area contributed by atoms with Crippen LogP contribution >= 0.6 is 0 Å². The van der Waals surface area contributed by atoms with Crippen molar-refractivity contribution >= 4 is 10.1 Å². The molecule has 0 unspecified atom stereocenters. The minimum absolute atomic E-state index is 0.128. The highest BCUT2D eigenvalue weighted by molar-refractivity contribution is 7.88. The molecule has 0 aliphatic rings. The number of halogens is 3. The summed E-state index contributed by atoms with van der Waals surface area (Å²) in [5.41, 5.74) is -5.51. The molecule has 0 bridgehead atoms. The second-order valence-electron chi connectivity index (χ2n) is 3.00. The molecule has 0 atom stereocenters. The molecule has 0 saturated heterocycles. The molecule has 1 aromatic rings. The first-order valence-electron chi connectivity index (χ1n) is 4.44. The molecule has 9 heteroatoms. The highest BCUT2D eigenvalue weighted by atomic mass is 32.2. The number of hydrogen-bond acceptors (Lipinski definition) is 5. The van der Waals surface area contributed by atoms with Crippen molar-refractivity contribution < 1.29 is 35.2 Å². The molecule has 0 saturated carbocycles. The second-order valence-corrected chi connectivity index (χ2v) is 4.54. The molecular formula is C9H9F3O5S. The Morgan fingerprint density at radius 3 is 2.11 bits per heavy atom. The van der Waals surface area contributed by atoms with E-state index in [4.69, 9.17) is 9.47 Å². The average Bonchev–Trinajstić information content (AvgIpc) is 2.26. The van der Waals surface area contributed by atoms with E-state index in [9.17, 15) is 21.6 Å². The van der Waals surface area contributed by atoms with Crippen molar-refractivity contribution in [1.82, 2.24) is 0 Å². The first-order chi connectivity index (χ1) is 8.21. The van der Waals surface area contributed by atoms with Crippen LogP contribution in [0.15, 0.2) is 18.2 Å². The summed E-state index contributed by atoms with van der Waals surface area (Å²) in [4.78, 5) is 0. The third kappa shape index (κ3) is 2.97. The third-order valence-corrected chi connectivity index (χ3v) is 2.82. The van der Waals surface area contributed by atoms with Crippen LogP contribution in [0.2, 0.25) is 0 Å². The monoisotopic (exact) mass is 286 g/mol. The fraction of sp³-hybridized carbons (Fsp3) is 0.333. The zero-order valence-corrected chi connectivity index (χ0v) is 10.1. The van der Waals surface area contributed by atoms with Gasteiger partial charge in [0.2, 0.25) is 0 Å². The fourth-order valence-electron chi connectivity index (χ4n) is 1.01. The molecule has 0 amide bonds. The van der Waals surface area contributed by atoms with Gasteiger partial charge in [-0.15, -0.1) is 0 Å². The standard InChI is InChI=1S/C9H9F3O5S/c1-15-6-3-4-7(16-2)8(5-6)17-18(13,14)9(10,11)12/h3-5H,1-2H3. The van der Waals surface area contributed by atoms with E-state index >= 15 is 0 Å². The van der Waals surface area contributed by atoms with E-state index in [0.29, 0.717) is 0 Å². The molecule has 0 N–H and O–H groups in total. The van der Waals surface area contributed by atoms with Crippen molar-refractivity contribution in [3.8, 4) is 17.2 Å². The number of hydrogen-bond donors (Lipinski definition) is 0. The molecule has 18 heavy (non-hydrogen) atoms. The van der Waals surface area contributed by atoms with Crippen molar-refractivity contribution in [2.75, 3.05) is 14.2 Å². The lowest BCUT2D eigenvalue weighted by molar-refractivity contribution is -0.0500. The van der Waals surface area contributed by atoms with Crippen molar-refractivity contribution in [3.05, 3.63) is 18.2 Å². The van der Waals surface area contributed by atoms with E-state index in [1.807, 2.05) is 0 Å². The van der Waals surface area contributed by atoms with Crippen molar-refractivity contribution in [2.24, 2.45) is 0 Å². The van der Waals surface area contributed by atoms with Crippen molar-refractivity contribution in [3.63, 3.8) is 0 Å². The van der Waals surface area contributed by atoms with Gasteiger partial charge in [-0.1, -0.05) is 0 Å².